The fraction of sp³-hybridized carbons (Fsp3) is 0.0625. The Hall–Kier alpha value is -2.76. The summed E-state index contributed by atoms with van der Waals surface area (Å²) in [5.41, 5.74) is 1.25. The zero-order valence-corrected chi connectivity index (χ0v) is 11.0. The number of rotatable bonds is 0. The Kier molecular flexibility index (Phi) is 2.43. The Bertz CT molecular complexity index is 948. The SMILES string of the molecule is O=C1c2ccccc2-c2nc3ccc(C(F)(F)F)cc3nc21. The Labute approximate surface area is 122 Å². The van der Waals surface area contributed by atoms with Crippen LogP contribution in [0.25, 0.3) is 22.3 Å². The smallest absolute Gasteiger partial charge is 0.287 e. The molecule has 0 bridgehead atoms. The third-order valence-corrected chi connectivity index (χ3v) is 3.63. The monoisotopic (exact) mass is 300 g/mol. The minimum Gasteiger partial charge on any atom is -0.287 e. The Morgan fingerprint density at radius 3 is 2.23 bits per heavy atom. The molecule has 0 spiro atoms. The van der Waals surface area contributed by atoms with Crippen LogP contribution in [0.2, 0.25) is 0 Å². The first-order valence-corrected chi connectivity index (χ1v) is 6.48. The predicted molar refractivity (Wildman–Crippen MR) is 73.4 cm³/mol. The van der Waals surface area contributed by atoms with E-state index in [1.54, 1.807) is 24.3 Å². The van der Waals surface area contributed by atoms with Crippen LogP contribution in [0.4, 0.5) is 13.2 Å². The first kappa shape index (κ1) is 12.9. The summed E-state index contributed by atoms with van der Waals surface area (Å²) in [4.78, 5) is 20.7. The molecule has 0 saturated carbocycles. The summed E-state index contributed by atoms with van der Waals surface area (Å²) in [5, 5.41) is 0. The van der Waals surface area contributed by atoms with E-state index < -0.39 is 11.7 Å². The van der Waals surface area contributed by atoms with Gasteiger partial charge in [-0.05, 0) is 18.2 Å². The quantitative estimate of drug-likeness (QED) is 0.495. The normalized spacial score (nSPS) is 13.3. The standard InChI is InChI=1S/C16H7F3N2O/c17-16(18,19)8-5-6-11-12(7-8)21-14-13(20-11)9-3-1-2-4-10(9)15(14)22/h1-7H. The second-order valence-electron chi connectivity index (χ2n) is 5.00. The number of hydrogen-bond acceptors (Lipinski definition) is 3. The molecule has 1 aromatic heterocycles. The van der Waals surface area contributed by atoms with Gasteiger partial charge in [0.05, 0.1) is 16.6 Å². The van der Waals surface area contributed by atoms with Gasteiger partial charge < -0.3 is 0 Å². The highest BCUT2D eigenvalue weighted by Gasteiger charge is 2.32. The fourth-order valence-corrected chi connectivity index (χ4v) is 2.59. The van der Waals surface area contributed by atoms with Crippen molar-refractivity contribution < 1.29 is 18.0 Å². The topological polar surface area (TPSA) is 42.9 Å². The molecule has 4 rings (SSSR count). The van der Waals surface area contributed by atoms with Gasteiger partial charge in [0.15, 0.2) is 0 Å². The lowest BCUT2D eigenvalue weighted by Gasteiger charge is -2.08. The molecule has 0 fully saturated rings. The van der Waals surface area contributed by atoms with E-state index in [9.17, 15) is 18.0 Å². The fourth-order valence-electron chi connectivity index (χ4n) is 2.59. The van der Waals surface area contributed by atoms with Crippen LogP contribution in [0, 0.1) is 0 Å². The summed E-state index contributed by atoms with van der Waals surface area (Å²) in [6, 6.07) is 10.1. The largest absolute Gasteiger partial charge is 0.416 e. The van der Waals surface area contributed by atoms with E-state index in [4.69, 9.17) is 0 Å². The van der Waals surface area contributed by atoms with E-state index in [1.807, 2.05) is 0 Å². The van der Waals surface area contributed by atoms with Crippen LogP contribution < -0.4 is 0 Å². The van der Waals surface area contributed by atoms with Gasteiger partial charge in [0, 0.05) is 11.1 Å². The van der Waals surface area contributed by atoms with E-state index in [0.717, 1.165) is 12.1 Å². The molecular formula is C16H7F3N2O. The van der Waals surface area contributed by atoms with Crippen molar-refractivity contribution in [1.82, 2.24) is 9.97 Å². The van der Waals surface area contributed by atoms with Crippen LogP contribution in [0.3, 0.4) is 0 Å². The molecule has 0 atom stereocenters. The van der Waals surface area contributed by atoms with Crippen molar-refractivity contribution >= 4 is 16.8 Å². The maximum Gasteiger partial charge on any atom is 0.416 e. The Morgan fingerprint density at radius 2 is 1.50 bits per heavy atom. The number of carbonyl (C=O) groups excluding carboxylic acids is 1. The van der Waals surface area contributed by atoms with E-state index >= 15 is 0 Å². The molecule has 3 nitrogen and oxygen atoms in total. The van der Waals surface area contributed by atoms with Crippen molar-refractivity contribution in [3.8, 4) is 11.3 Å². The van der Waals surface area contributed by atoms with Gasteiger partial charge in [-0.2, -0.15) is 13.2 Å². The molecule has 0 radical (unpaired) electrons. The number of nitrogens with zero attached hydrogens (tertiary/aromatic N) is 2. The highest BCUT2D eigenvalue weighted by molar-refractivity contribution is 6.20. The number of halogens is 3. The first-order chi connectivity index (χ1) is 10.4. The van der Waals surface area contributed by atoms with Crippen molar-refractivity contribution in [2.24, 2.45) is 0 Å². The third kappa shape index (κ3) is 1.73. The molecule has 0 unspecified atom stereocenters. The lowest BCUT2D eigenvalue weighted by Crippen LogP contribution is -2.06. The van der Waals surface area contributed by atoms with Gasteiger partial charge in [0.25, 0.3) is 0 Å². The number of alkyl halides is 3. The summed E-state index contributed by atoms with van der Waals surface area (Å²) in [6.45, 7) is 0. The molecule has 2 aromatic carbocycles. The summed E-state index contributed by atoms with van der Waals surface area (Å²) in [7, 11) is 0. The van der Waals surface area contributed by atoms with Gasteiger partial charge in [-0.15, -0.1) is 0 Å². The summed E-state index contributed by atoms with van der Waals surface area (Å²) in [5.74, 6) is -0.308. The van der Waals surface area contributed by atoms with Crippen molar-refractivity contribution in [3.05, 3.63) is 59.3 Å². The average Bonchev–Trinajstić information content (AvgIpc) is 2.77. The van der Waals surface area contributed by atoms with Crippen LogP contribution in [-0.2, 0) is 6.18 Å². The van der Waals surface area contributed by atoms with Crippen LogP contribution in [-0.4, -0.2) is 15.8 Å². The van der Waals surface area contributed by atoms with E-state index in [2.05, 4.69) is 9.97 Å². The lowest BCUT2D eigenvalue weighted by atomic mass is 10.1. The van der Waals surface area contributed by atoms with Crippen molar-refractivity contribution in [1.29, 1.82) is 0 Å². The minimum atomic E-state index is -4.46. The molecule has 108 valence electrons. The van der Waals surface area contributed by atoms with E-state index in [1.165, 1.54) is 6.07 Å². The number of benzene rings is 2. The molecule has 0 amide bonds. The third-order valence-electron chi connectivity index (χ3n) is 3.63. The number of aromatic nitrogens is 2. The Balaban J connectivity index is 1.99. The highest BCUT2D eigenvalue weighted by atomic mass is 19.4. The summed E-state index contributed by atoms with van der Waals surface area (Å²) in [6.07, 6.45) is -4.46. The van der Waals surface area contributed by atoms with Gasteiger partial charge in [-0.3, -0.25) is 4.79 Å². The van der Waals surface area contributed by atoms with Crippen LogP contribution in [0.1, 0.15) is 21.6 Å². The van der Waals surface area contributed by atoms with Gasteiger partial charge >= 0.3 is 6.18 Å². The molecule has 0 aliphatic heterocycles. The zero-order chi connectivity index (χ0) is 15.5. The van der Waals surface area contributed by atoms with E-state index in [-0.39, 0.29) is 17.0 Å². The van der Waals surface area contributed by atoms with Crippen LogP contribution in [0.5, 0.6) is 0 Å². The molecule has 0 N–H and O–H groups in total. The maximum absolute atomic E-state index is 12.8. The second-order valence-corrected chi connectivity index (χ2v) is 5.00. The number of fused-ring (bicyclic) bond motifs is 4. The molecule has 0 saturated heterocycles. The van der Waals surface area contributed by atoms with Gasteiger partial charge in [-0.25, -0.2) is 9.97 Å². The van der Waals surface area contributed by atoms with Gasteiger partial charge in [0.1, 0.15) is 11.4 Å². The second kappa shape index (κ2) is 4.13. The number of hydrogen-bond donors (Lipinski definition) is 0. The molecule has 22 heavy (non-hydrogen) atoms. The van der Waals surface area contributed by atoms with Crippen molar-refractivity contribution in [2.45, 2.75) is 6.18 Å². The molecule has 6 heteroatoms. The zero-order valence-electron chi connectivity index (χ0n) is 11.0. The summed E-state index contributed by atoms with van der Waals surface area (Å²) >= 11 is 0. The maximum atomic E-state index is 12.8. The van der Waals surface area contributed by atoms with Crippen LogP contribution >= 0.6 is 0 Å². The molecule has 1 aliphatic carbocycles. The molecule has 1 heterocycles. The molecular weight excluding hydrogens is 293 g/mol. The lowest BCUT2D eigenvalue weighted by molar-refractivity contribution is -0.137. The van der Waals surface area contributed by atoms with Gasteiger partial charge in [0.2, 0.25) is 5.78 Å². The molecule has 3 aromatic rings. The first-order valence-electron chi connectivity index (χ1n) is 6.48. The number of carbonyl (C=O) groups is 1. The van der Waals surface area contributed by atoms with Crippen molar-refractivity contribution in [2.75, 3.05) is 0 Å². The van der Waals surface area contributed by atoms with Crippen molar-refractivity contribution in [3.63, 3.8) is 0 Å². The van der Waals surface area contributed by atoms with Gasteiger partial charge in [-0.1, -0.05) is 24.3 Å². The average molecular weight is 300 g/mol. The predicted octanol–water partition coefficient (Wildman–Crippen LogP) is 3.86. The van der Waals surface area contributed by atoms with E-state index in [0.29, 0.717) is 22.3 Å². The van der Waals surface area contributed by atoms with Crippen LogP contribution in [0.15, 0.2) is 42.5 Å². The highest BCUT2D eigenvalue weighted by Crippen LogP contribution is 2.36. The molecule has 1 aliphatic rings. The number of ketones is 1. The minimum absolute atomic E-state index is 0.0646. The Morgan fingerprint density at radius 1 is 0.818 bits per heavy atom. The summed E-state index contributed by atoms with van der Waals surface area (Å²) < 4.78 is 38.3.